The highest BCUT2D eigenvalue weighted by Gasteiger charge is 2.25. The number of nitrogens with zero attached hydrogens (tertiary/aromatic N) is 4. The lowest BCUT2D eigenvalue weighted by Gasteiger charge is -2.10. The van der Waals surface area contributed by atoms with Gasteiger partial charge in [-0.25, -0.2) is 4.79 Å². The Balaban J connectivity index is 1.48. The molecule has 3 aromatic rings. The number of urea groups is 1. The topological polar surface area (TPSA) is 125 Å². The van der Waals surface area contributed by atoms with Gasteiger partial charge in [-0.15, -0.1) is 11.8 Å². The third kappa shape index (κ3) is 4.17. The maximum atomic E-state index is 11.9. The summed E-state index contributed by atoms with van der Waals surface area (Å²) in [5, 5.41) is 15.7. The predicted octanol–water partition coefficient (Wildman–Crippen LogP) is 2.21. The average Bonchev–Trinajstić information content (AvgIpc) is 3.41. The first kappa shape index (κ1) is 19.4. The third-order valence-corrected chi connectivity index (χ3v) is 5.64. The number of benzene rings is 1. The second kappa shape index (κ2) is 7.91. The number of imide groups is 1. The van der Waals surface area contributed by atoms with Crippen molar-refractivity contribution in [3.63, 3.8) is 0 Å². The fraction of sp³-hybridized carbons (Fsp3) is 0.250. The number of anilines is 2. The number of hydrogen-bond donors (Lipinski definition) is 4. The van der Waals surface area contributed by atoms with Gasteiger partial charge in [0.2, 0.25) is 11.9 Å². The first-order chi connectivity index (χ1) is 15.1. The molecule has 0 unspecified atom stereocenters. The maximum absolute atomic E-state index is 11.9. The molecular weight excluding hydrogens is 416 g/mol. The SMILES string of the molecule is CSc1cccc(CNc2nc(NC3CC3)n3ncc(/C=C4\NC(=O)NC4=O)c3n2)c1. The van der Waals surface area contributed by atoms with Crippen molar-refractivity contribution < 1.29 is 9.59 Å². The Morgan fingerprint density at radius 1 is 1.26 bits per heavy atom. The van der Waals surface area contributed by atoms with Gasteiger partial charge in [0.1, 0.15) is 5.70 Å². The summed E-state index contributed by atoms with van der Waals surface area (Å²) < 4.78 is 1.61. The molecule has 1 saturated carbocycles. The fourth-order valence-electron chi connectivity index (χ4n) is 3.18. The van der Waals surface area contributed by atoms with Crippen LogP contribution in [0, 0.1) is 0 Å². The molecule has 10 nitrogen and oxygen atoms in total. The van der Waals surface area contributed by atoms with Gasteiger partial charge in [-0.1, -0.05) is 12.1 Å². The van der Waals surface area contributed by atoms with Crippen molar-refractivity contribution in [3.8, 4) is 0 Å². The molecule has 1 aromatic carbocycles. The van der Waals surface area contributed by atoms with Crippen LogP contribution >= 0.6 is 11.8 Å². The molecule has 11 heteroatoms. The molecule has 0 radical (unpaired) electrons. The first-order valence-corrected chi connectivity index (χ1v) is 11.0. The monoisotopic (exact) mass is 436 g/mol. The van der Waals surface area contributed by atoms with E-state index in [-0.39, 0.29) is 5.70 Å². The Morgan fingerprint density at radius 2 is 2.13 bits per heavy atom. The number of hydrogen-bond acceptors (Lipinski definition) is 8. The van der Waals surface area contributed by atoms with E-state index in [2.05, 4.69) is 48.5 Å². The Kier molecular flexibility index (Phi) is 4.94. The number of carbonyl (C=O) groups is 2. The van der Waals surface area contributed by atoms with E-state index in [1.54, 1.807) is 28.6 Å². The molecular formula is C20H20N8O2S. The molecule has 1 aliphatic carbocycles. The number of carbonyl (C=O) groups excluding carboxylic acids is 2. The lowest BCUT2D eigenvalue weighted by Crippen LogP contribution is -2.22. The average molecular weight is 437 g/mol. The predicted molar refractivity (Wildman–Crippen MR) is 118 cm³/mol. The number of thioether (sulfide) groups is 1. The van der Waals surface area contributed by atoms with Crippen LogP contribution in [-0.4, -0.2) is 43.8 Å². The van der Waals surface area contributed by atoms with E-state index in [0.29, 0.717) is 35.7 Å². The Hall–Kier alpha value is -3.60. The molecule has 0 spiro atoms. The lowest BCUT2D eigenvalue weighted by molar-refractivity contribution is -0.115. The maximum Gasteiger partial charge on any atom is 0.326 e. The second-order valence-electron chi connectivity index (χ2n) is 7.30. The molecule has 4 N–H and O–H groups in total. The van der Waals surface area contributed by atoms with E-state index in [1.807, 2.05) is 18.4 Å². The number of aromatic nitrogens is 4. The lowest BCUT2D eigenvalue weighted by atomic mass is 10.2. The van der Waals surface area contributed by atoms with Gasteiger partial charge in [0.25, 0.3) is 5.91 Å². The van der Waals surface area contributed by atoms with Gasteiger partial charge in [-0.2, -0.15) is 19.6 Å². The molecule has 1 aliphatic heterocycles. The number of fused-ring (bicyclic) bond motifs is 1. The van der Waals surface area contributed by atoms with Crippen LogP contribution in [-0.2, 0) is 11.3 Å². The number of nitrogens with one attached hydrogen (secondary N) is 4. The fourth-order valence-corrected chi connectivity index (χ4v) is 3.66. The Labute approximate surface area is 181 Å². The van der Waals surface area contributed by atoms with Gasteiger partial charge in [0.15, 0.2) is 5.65 Å². The molecule has 158 valence electrons. The number of rotatable bonds is 7. The van der Waals surface area contributed by atoms with Crippen LogP contribution in [0.1, 0.15) is 24.0 Å². The van der Waals surface area contributed by atoms with E-state index in [0.717, 1.165) is 18.4 Å². The molecule has 1 saturated heterocycles. The quantitative estimate of drug-likeness (QED) is 0.252. The Morgan fingerprint density at radius 3 is 2.87 bits per heavy atom. The van der Waals surface area contributed by atoms with E-state index >= 15 is 0 Å². The highest BCUT2D eigenvalue weighted by atomic mass is 32.2. The van der Waals surface area contributed by atoms with Crippen molar-refractivity contribution >= 4 is 47.3 Å². The summed E-state index contributed by atoms with van der Waals surface area (Å²) in [4.78, 5) is 33.7. The zero-order valence-corrected chi connectivity index (χ0v) is 17.5. The Bertz CT molecular complexity index is 1220. The van der Waals surface area contributed by atoms with Crippen molar-refractivity contribution in [2.45, 2.75) is 30.3 Å². The minimum Gasteiger partial charge on any atom is -0.351 e. The van der Waals surface area contributed by atoms with Gasteiger partial charge in [-0.05, 0) is 42.9 Å². The highest BCUT2D eigenvalue weighted by molar-refractivity contribution is 7.98. The first-order valence-electron chi connectivity index (χ1n) is 9.82. The van der Waals surface area contributed by atoms with Crippen LogP contribution in [0.2, 0.25) is 0 Å². The minimum absolute atomic E-state index is 0.151. The van der Waals surface area contributed by atoms with Crippen LogP contribution in [0.4, 0.5) is 16.7 Å². The number of amides is 3. The second-order valence-corrected chi connectivity index (χ2v) is 8.18. The smallest absolute Gasteiger partial charge is 0.326 e. The standard InChI is InChI=1S/C20H20N8O2S/c1-31-14-4-2-3-11(7-14)9-21-18-25-16-12(8-15-17(29)26-20(30)24-15)10-22-28(16)19(27-18)23-13-5-6-13/h2-4,7-8,10,13H,5-6,9H2,1H3,(H2,21,23,25,27)(H2,24,26,29,30)/b15-8-. The molecule has 0 atom stereocenters. The molecule has 3 amide bonds. The van der Waals surface area contributed by atoms with Gasteiger partial charge in [0.05, 0.1) is 6.20 Å². The molecule has 2 fully saturated rings. The van der Waals surface area contributed by atoms with Crippen LogP contribution < -0.4 is 21.3 Å². The van der Waals surface area contributed by atoms with E-state index < -0.39 is 11.9 Å². The normalized spacial score (nSPS) is 17.1. The zero-order chi connectivity index (χ0) is 21.4. The van der Waals surface area contributed by atoms with Crippen molar-refractivity contribution in [2.75, 3.05) is 16.9 Å². The van der Waals surface area contributed by atoms with Gasteiger partial charge >= 0.3 is 6.03 Å². The van der Waals surface area contributed by atoms with Crippen molar-refractivity contribution in [3.05, 3.63) is 47.3 Å². The van der Waals surface area contributed by atoms with Gasteiger partial charge in [0, 0.05) is 23.0 Å². The molecule has 31 heavy (non-hydrogen) atoms. The summed E-state index contributed by atoms with van der Waals surface area (Å²) in [6.45, 7) is 0.566. The third-order valence-electron chi connectivity index (χ3n) is 4.91. The van der Waals surface area contributed by atoms with Crippen LogP contribution in [0.5, 0.6) is 0 Å². The zero-order valence-electron chi connectivity index (χ0n) is 16.7. The van der Waals surface area contributed by atoms with Crippen LogP contribution in [0.15, 0.2) is 41.1 Å². The molecule has 5 rings (SSSR count). The van der Waals surface area contributed by atoms with Gasteiger partial charge < -0.3 is 16.0 Å². The van der Waals surface area contributed by atoms with E-state index in [4.69, 9.17) is 0 Å². The van der Waals surface area contributed by atoms with Crippen LogP contribution in [0.25, 0.3) is 11.7 Å². The molecule has 2 aromatic heterocycles. The molecule has 0 bridgehead atoms. The summed E-state index contributed by atoms with van der Waals surface area (Å²) in [5.74, 6) is 0.546. The van der Waals surface area contributed by atoms with Crippen molar-refractivity contribution in [2.24, 2.45) is 0 Å². The summed E-state index contributed by atoms with van der Waals surface area (Å²) in [5.41, 5.74) is 2.40. The summed E-state index contributed by atoms with van der Waals surface area (Å²) in [6, 6.07) is 8.08. The van der Waals surface area contributed by atoms with Crippen molar-refractivity contribution in [1.29, 1.82) is 0 Å². The van der Waals surface area contributed by atoms with Crippen LogP contribution in [0.3, 0.4) is 0 Å². The summed E-state index contributed by atoms with van der Waals surface area (Å²) >= 11 is 1.69. The van der Waals surface area contributed by atoms with Gasteiger partial charge in [-0.3, -0.25) is 10.1 Å². The molecule has 2 aliphatic rings. The van der Waals surface area contributed by atoms with Crippen molar-refractivity contribution in [1.82, 2.24) is 30.2 Å². The van der Waals surface area contributed by atoms with E-state index in [1.165, 1.54) is 4.90 Å². The highest BCUT2D eigenvalue weighted by Crippen LogP contribution is 2.26. The minimum atomic E-state index is -0.548. The largest absolute Gasteiger partial charge is 0.351 e. The van der Waals surface area contributed by atoms with E-state index in [9.17, 15) is 9.59 Å². The summed E-state index contributed by atoms with van der Waals surface area (Å²) in [7, 11) is 0. The summed E-state index contributed by atoms with van der Waals surface area (Å²) in [6.07, 6.45) is 7.36. The molecule has 3 heterocycles.